The fourth-order valence-corrected chi connectivity index (χ4v) is 5.05. The van der Waals surface area contributed by atoms with Crippen molar-refractivity contribution >= 4 is 40.6 Å². The number of rotatable bonds is 4. The Balaban J connectivity index is 1.32. The maximum Gasteiger partial charge on any atom is 0.229 e. The summed E-state index contributed by atoms with van der Waals surface area (Å²) in [5, 5.41) is 9.83. The summed E-state index contributed by atoms with van der Waals surface area (Å²) in [5.74, 6) is 1.73. The number of benzene rings is 1. The van der Waals surface area contributed by atoms with Crippen LogP contribution in [0.1, 0.15) is 49.8 Å². The van der Waals surface area contributed by atoms with Gasteiger partial charge in [0.25, 0.3) is 0 Å². The highest BCUT2D eigenvalue weighted by molar-refractivity contribution is 5.92. The van der Waals surface area contributed by atoms with E-state index in [2.05, 4.69) is 43.0 Å². The maximum absolute atomic E-state index is 13.1. The maximum atomic E-state index is 13.1. The molecule has 2 amide bonds. The van der Waals surface area contributed by atoms with Crippen LogP contribution in [0.15, 0.2) is 42.9 Å². The minimum Gasteiger partial charge on any atom is -0.342 e. The average molecular weight is 514 g/mol. The van der Waals surface area contributed by atoms with Gasteiger partial charge < -0.3 is 20.9 Å². The van der Waals surface area contributed by atoms with Crippen LogP contribution in [0.5, 0.6) is 0 Å². The minimum atomic E-state index is 0.0129. The van der Waals surface area contributed by atoms with Crippen molar-refractivity contribution in [2.45, 2.75) is 52.9 Å². The molecule has 9 heteroatoms. The Hall–Kier alpha value is -4.01. The third kappa shape index (κ3) is 6.10. The van der Waals surface area contributed by atoms with Crippen LogP contribution < -0.4 is 16.0 Å². The van der Waals surface area contributed by atoms with Crippen molar-refractivity contribution in [3.05, 3.63) is 59.5 Å². The van der Waals surface area contributed by atoms with Crippen molar-refractivity contribution in [2.24, 2.45) is 11.8 Å². The van der Waals surface area contributed by atoms with E-state index in [1.165, 1.54) is 0 Å². The zero-order valence-corrected chi connectivity index (χ0v) is 22.3. The number of nitrogens with one attached hydrogen (secondary N) is 3. The number of pyridine rings is 1. The second-order valence-corrected chi connectivity index (χ2v) is 10.6. The van der Waals surface area contributed by atoms with E-state index in [-0.39, 0.29) is 23.7 Å². The molecular weight excluding hydrogens is 478 g/mol. The highest BCUT2D eigenvalue weighted by Gasteiger charge is 2.26. The molecule has 4 heterocycles. The summed E-state index contributed by atoms with van der Waals surface area (Å²) in [6, 6.07) is 8.06. The number of hydrogen-bond acceptors (Lipinski definition) is 7. The Morgan fingerprint density at radius 2 is 1.87 bits per heavy atom. The highest BCUT2D eigenvalue weighted by atomic mass is 16.2. The standard InChI is InChI=1S/C29H35N7O2/c1-18(2)28(38)36-10-8-20(9-11-36)13-26(37)34-25-7-6-23-14-22(25)5-4-21-12-24(17-30-16-21)33-29-31-15-19(3)27(32-23)35-29/h6-7,12,14-18,20H,4-5,8-11,13H2,1-3H3,(H,34,37)(H2,31,32,33,35). The number of amides is 2. The molecule has 3 N–H and O–H groups in total. The van der Waals surface area contributed by atoms with E-state index in [1.54, 1.807) is 12.4 Å². The van der Waals surface area contributed by atoms with Crippen molar-refractivity contribution < 1.29 is 9.59 Å². The normalized spacial score (nSPS) is 15.4. The van der Waals surface area contributed by atoms with Gasteiger partial charge in [0.15, 0.2) is 0 Å². The van der Waals surface area contributed by atoms with E-state index in [9.17, 15) is 9.59 Å². The van der Waals surface area contributed by atoms with Gasteiger partial charge in [0.2, 0.25) is 17.8 Å². The van der Waals surface area contributed by atoms with Gasteiger partial charge in [0, 0.05) is 54.8 Å². The Kier molecular flexibility index (Phi) is 7.53. The first-order valence-corrected chi connectivity index (χ1v) is 13.4. The SMILES string of the molecule is Cc1cnc2nc1Nc1ccc(NC(=O)CC3CCN(C(=O)C(C)C)CC3)c(c1)CCc1cncc(c1)N2. The van der Waals surface area contributed by atoms with E-state index in [4.69, 9.17) is 0 Å². The van der Waals surface area contributed by atoms with Crippen molar-refractivity contribution in [3.8, 4) is 0 Å². The Morgan fingerprint density at radius 3 is 2.66 bits per heavy atom. The molecule has 0 aliphatic carbocycles. The molecule has 3 aromatic rings. The van der Waals surface area contributed by atoms with Gasteiger partial charge in [-0.2, -0.15) is 4.98 Å². The van der Waals surface area contributed by atoms with E-state index in [1.807, 2.05) is 44.0 Å². The molecule has 0 atom stereocenters. The number of aryl methyl sites for hydroxylation is 3. The molecule has 0 saturated carbocycles. The van der Waals surface area contributed by atoms with Crippen LogP contribution >= 0.6 is 0 Å². The summed E-state index contributed by atoms with van der Waals surface area (Å²) in [6.07, 6.45) is 9.11. The van der Waals surface area contributed by atoms with Crippen LogP contribution in [0.4, 0.5) is 28.8 Å². The number of piperidine rings is 1. The van der Waals surface area contributed by atoms with E-state index >= 15 is 0 Å². The summed E-state index contributed by atoms with van der Waals surface area (Å²) < 4.78 is 0. The van der Waals surface area contributed by atoms with Crippen LogP contribution in [0.25, 0.3) is 0 Å². The van der Waals surface area contributed by atoms with Crippen LogP contribution in [0.2, 0.25) is 0 Å². The third-order valence-corrected chi connectivity index (χ3v) is 7.24. The topological polar surface area (TPSA) is 112 Å². The fraction of sp³-hybridized carbons (Fsp3) is 0.414. The van der Waals surface area contributed by atoms with Gasteiger partial charge in [-0.15, -0.1) is 0 Å². The lowest BCUT2D eigenvalue weighted by molar-refractivity contribution is -0.135. The molecule has 2 aromatic heterocycles. The summed E-state index contributed by atoms with van der Waals surface area (Å²) in [7, 11) is 0. The van der Waals surface area contributed by atoms with Crippen molar-refractivity contribution in [3.63, 3.8) is 0 Å². The molecule has 1 fully saturated rings. The van der Waals surface area contributed by atoms with Crippen LogP contribution in [-0.4, -0.2) is 44.8 Å². The van der Waals surface area contributed by atoms with Gasteiger partial charge in [0.1, 0.15) is 5.82 Å². The Bertz CT molecular complexity index is 1330. The lowest BCUT2D eigenvalue weighted by Gasteiger charge is -2.32. The van der Waals surface area contributed by atoms with Gasteiger partial charge in [-0.1, -0.05) is 13.8 Å². The fourth-order valence-electron chi connectivity index (χ4n) is 5.05. The molecule has 9 nitrogen and oxygen atoms in total. The summed E-state index contributed by atoms with van der Waals surface area (Å²) >= 11 is 0. The van der Waals surface area contributed by atoms with Crippen molar-refractivity contribution in [1.82, 2.24) is 19.9 Å². The van der Waals surface area contributed by atoms with Crippen molar-refractivity contribution in [2.75, 3.05) is 29.0 Å². The number of aromatic nitrogens is 3. The smallest absolute Gasteiger partial charge is 0.229 e. The Labute approximate surface area is 223 Å². The third-order valence-electron chi connectivity index (χ3n) is 7.24. The van der Waals surface area contributed by atoms with E-state index < -0.39 is 0 Å². The monoisotopic (exact) mass is 513 g/mol. The van der Waals surface area contributed by atoms with Gasteiger partial charge in [-0.25, -0.2) is 4.98 Å². The number of hydrogen-bond donors (Lipinski definition) is 3. The van der Waals surface area contributed by atoms with Gasteiger partial charge in [0.05, 0.1) is 11.9 Å². The first kappa shape index (κ1) is 25.6. The molecule has 6 bridgehead atoms. The van der Waals surface area contributed by atoms with Gasteiger partial charge in [-0.3, -0.25) is 14.6 Å². The zero-order valence-electron chi connectivity index (χ0n) is 22.3. The van der Waals surface area contributed by atoms with Gasteiger partial charge in [-0.05, 0) is 73.9 Å². The quantitative estimate of drug-likeness (QED) is 0.451. The zero-order chi connectivity index (χ0) is 26.6. The molecular formula is C29H35N7O2. The average Bonchev–Trinajstić information content (AvgIpc) is 2.91. The first-order chi connectivity index (χ1) is 18.3. The minimum absolute atomic E-state index is 0.0129. The van der Waals surface area contributed by atoms with Crippen LogP contribution in [-0.2, 0) is 22.4 Å². The Morgan fingerprint density at radius 1 is 1.05 bits per heavy atom. The molecule has 1 saturated heterocycles. The lowest BCUT2D eigenvalue weighted by Crippen LogP contribution is -2.41. The highest BCUT2D eigenvalue weighted by Crippen LogP contribution is 2.28. The number of likely N-dealkylation sites (tertiary alicyclic amines) is 1. The summed E-state index contributed by atoms with van der Waals surface area (Å²) in [5.41, 5.74) is 5.61. The van der Waals surface area contributed by atoms with E-state index in [0.717, 1.165) is 78.3 Å². The molecule has 0 spiro atoms. The second kappa shape index (κ2) is 11.2. The molecule has 0 unspecified atom stereocenters. The molecule has 1 aromatic carbocycles. The van der Waals surface area contributed by atoms with Gasteiger partial charge >= 0.3 is 0 Å². The number of fused-ring (bicyclic) bond motifs is 6. The molecule has 0 radical (unpaired) electrons. The predicted molar refractivity (Wildman–Crippen MR) is 149 cm³/mol. The molecule has 198 valence electrons. The predicted octanol–water partition coefficient (Wildman–Crippen LogP) is 4.99. The first-order valence-electron chi connectivity index (χ1n) is 13.4. The van der Waals surface area contributed by atoms with Crippen molar-refractivity contribution in [1.29, 1.82) is 0 Å². The number of nitrogens with zero attached hydrogens (tertiary/aromatic N) is 4. The molecule has 2 aliphatic rings. The largest absolute Gasteiger partial charge is 0.342 e. The van der Waals surface area contributed by atoms with Crippen LogP contribution in [0, 0.1) is 18.8 Å². The second-order valence-electron chi connectivity index (χ2n) is 10.6. The summed E-state index contributed by atoms with van der Waals surface area (Å²) in [4.78, 5) is 40.7. The van der Waals surface area contributed by atoms with Crippen LogP contribution in [0.3, 0.4) is 0 Å². The number of anilines is 5. The number of carbonyl (C=O) groups is 2. The molecule has 5 rings (SSSR count). The molecule has 2 aliphatic heterocycles. The summed E-state index contributed by atoms with van der Waals surface area (Å²) in [6.45, 7) is 7.29. The molecule has 38 heavy (non-hydrogen) atoms. The lowest BCUT2D eigenvalue weighted by atomic mass is 9.92. The number of carbonyl (C=O) groups excluding carboxylic acids is 2. The van der Waals surface area contributed by atoms with E-state index in [0.29, 0.717) is 12.4 Å².